The van der Waals surface area contributed by atoms with Crippen LogP contribution in [0.2, 0.25) is 0 Å². The van der Waals surface area contributed by atoms with Gasteiger partial charge in [-0.15, -0.1) is 0 Å². The standard InChI is InChI=1S/C44H83N2O6P/c1-6-8-10-12-14-16-17-18-19-20-21-22-23-24-25-26-27-28-29-30-32-34-36-38-44(48)45-42(41-52-53(49,50)51-40-39-46(3,4)5)43(47)37-35-33-31-15-13-11-9-7-2/h17-18,20-21,23-24,35,37,42-43,47H,6-16,19,22,25-34,36,38-41H2,1-5H3,(H-,45,48,49,50)/b18-17-,21-20-,24-23-,37-35+. The summed E-state index contributed by atoms with van der Waals surface area (Å²) < 4.78 is 23.1. The Hall–Kier alpha value is -1.54. The van der Waals surface area contributed by atoms with Gasteiger partial charge in [0.15, 0.2) is 0 Å². The quantitative estimate of drug-likeness (QED) is 0.0280. The molecule has 8 nitrogen and oxygen atoms in total. The maximum Gasteiger partial charge on any atom is 0.268 e. The van der Waals surface area contributed by atoms with Gasteiger partial charge in [-0.2, -0.15) is 0 Å². The lowest BCUT2D eigenvalue weighted by Gasteiger charge is -2.29. The molecule has 0 aliphatic rings. The van der Waals surface area contributed by atoms with Crippen molar-refractivity contribution in [3.63, 3.8) is 0 Å². The van der Waals surface area contributed by atoms with Crippen molar-refractivity contribution in [2.45, 2.75) is 187 Å². The van der Waals surface area contributed by atoms with Gasteiger partial charge >= 0.3 is 0 Å². The largest absolute Gasteiger partial charge is 0.756 e. The summed E-state index contributed by atoms with van der Waals surface area (Å²) in [7, 11) is 1.25. The molecule has 0 fully saturated rings. The van der Waals surface area contributed by atoms with Crippen molar-refractivity contribution < 1.29 is 32.9 Å². The number of nitrogens with zero attached hydrogens (tertiary/aromatic N) is 1. The number of quaternary nitrogens is 1. The third-order valence-corrected chi connectivity index (χ3v) is 10.2. The first-order valence-corrected chi connectivity index (χ1v) is 23.0. The molecule has 0 aliphatic heterocycles. The highest BCUT2D eigenvalue weighted by Crippen LogP contribution is 2.38. The van der Waals surface area contributed by atoms with E-state index in [0.717, 1.165) is 57.8 Å². The van der Waals surface area contributed by atoms with E-state index in [9.17, 15) is 19.4 Å². The number of phosphoric acid groups is 1. The minimum absolute atomic E-state index is 0.00461. The number of unbranched alkanes of at least 4 members (excludes halogenated alkanes) is 19. The van der Waals surface area contributed by atoms with E-state index in [-0.39, 0.29) is 19.1 Å². The van der Waals surface area contributed by atoms with Crippen molar-refractivity contribution in [2.24, 2.45) is 0 Å². The van der Waals surface area contributed by atoms with Gasteiger partial charge in [0.25, 0.3) is 7.82 Å². The van der Waals surface area contributed by atoms with Gasteiger partial charge < -0.3 is 28.8 Å². The molecule has 0 aliphatic carbocycles. The number of hydrogen-bond donors (Lipinski definition) is 2. The number of allylic oxidation sites excluding steroid dienone is 7. The molecule has 9 heteroatoms. The summed E-state index contributed by atoms with van der Waals surface area (Å²) >= 11 is 0. The molecule has 3 atom stereocenters. The Morgan fingerprint density at radius 3 is 1.58 bits per heavy atom. The Balaban J connectivity index is 4.26. The molecule has 0 saturated heterocycles. The molecule has 0 aromatic carbocycles. The molecule has 53 heavy (non-hydrogen) atoms. The highest BCUT2D eigenvalue weighted by atomic mass is 31.2. The second kappa shape index (κ2) is 36.1. The second-order valence-electron chi connectivity index (χ2n) is 15.7. The number of carbonyl (C=O) groups is 1. The van der Waals surface area contributed by atoms with Gasteiger partial charge in [-0.3, -0.25) is 9.36 Å². The number of likely N-dealkylation sites (N-methyl/N-ethyl adjacent to an activating group) is 1. The van der Waals surface area contributed by atoms with E-state index in [4.69, 9.17) is 9.05 Å². The van der Waals surface area contributed by atoms with Gasteiger partial charge in [0.2, 0.25) is 5.91 Å². The predicted octanol–water partition coefficient (Wildman–Crippen LogP) is 11.1. The molecule has 0 heterocycles. The molecule has 310 valence electrons. The Morgan fingerprint density at radius 1 is 0.660 bits per heavy atom. The normalized spacial score (nSPS) is 14.9. The maximum absolute atomic E-state index is 12.8. The van der Waals surface area contributed by atoms with E-state index in [0.29, 0.717) is 17.4 Å². The maximum atomic E-state index is 12.8. The molecule has 0 radical (unpaired) electrons. The fourth-order valence-corrected chi connectivity index (χ4v) is 6.53. The van der Waals surface area contributed by atoms with Crippen LogP contribution in [0.1, 0.15) is 174 Å². The molecule has 0 rings (SSSR count). The molecule has 0 aromatic rings. The first-order valence-electron chi connectivity index (χ1n) is 21.5. The van der Waals surface area contributed by atoms with Crippen molar-refractivity contribution >= 4 is 13.7 Å². The number of hydrogen-bond acceptors (Lipinski definition) is 6. The third-order valence-electron chi connectivity index (χ3n) is 9.28. The number of nitrogens with one attached hydrogen (secondary N) is 1. The van der Waals surface area contributed by atoms with Crippen LogP contribution in [0.5, 0.6) is 0 Å². The molecule has 1 amide bonds. The summed E-state index contributed by atoms with van der Waals surface area (Å²) in [6.45, 7) is 4.56. The van der Waals surface area contributed by atoms with Gasteiger partial charge in [-0.25, -0.2) is 0 Å². The van der Waals surface area contributed by atoms with Gasteiger partial charge in [-0.1, -0.05) is 159 Å². The van der Waals surface area contributed by atoms with Crippen LogP contribution >= 0.6 is 7.82 Å². The molecule has 2 N–H and O–H groups in total. The van der Waals surface area contributed by atoms with E-state index in [1.54, 1.807) is 6.08 Å². The SMILES string of the molecule is CCCCCCC/C=C\C/C=C\C/C=C\CCCCCCCCCCC(=O)NC(COP(=O)([O-])OCC[N+](C)(C)C)C(O)/C=C/CCCCCCCC. The number of rotatable bonds is 38. The molecular formula is C44H83N2O6P. The van der Waals surface area contributed by atoms with Crippen LogP contribution in [0.4, 0.5) is 0 Å². The van der Waals surface area contributed by atoms with Crippen molar-refractivity contribution in [3.8, 4) is 0 Å². The average Bonchev–Trinajstić information content (AvgIpc) is 3.10. The molecular weight excluding hydrogens is 683 g/mol. The zero-order chi connectivity index (χ0) is 39.3. The minimum Gasteiger partial charge on any atom is -0.756 e. The summed E-state index contributed by atoms with van der Waals surface area (Å²) in [5.74, 6) is -0.211. The topological polar surface area (TPSA) is 108 Å². The zero-order valence-corrected chi connectivity index (χ0v) is 35.8. The lowest BCUT2D eigenvalue weighted by molar-refractivity contribution is -0.870. The summed E-state index contributed by atoms with van der Waals surface area (Å²) in [4.78, 5) is 25.2. The van der Waals surface area contributed by atoms with Crippen molar-refractivity contribution in [2.75, 3.05) is 40.9 Å². The van der Waals surface area contributed by atoms with E-state index >= 15 is 0 Å². The Morgan fingerprint density at radius 2 is 1.09 bits per heavy atom. The monoisotopic (exact) mass is 767 g/mol. The number of phosphoric ester groups is 1. The van der Waals surface area contributed by atoms with Crippen molar-refractivity contribution in [1.29, 1.82) is 0 Å². The van der Waals surface area contributed by atoms with E-state index in [1.165, 1.54) is 96.3 Å². The lowest BCUT2D eigenvalue weighted by Crippen LogP contribution is -2.45. The summed E-state index contributed by atoms with van der Waals surface area (Å²) in [6, 6.07) is -0.888. The van der Waals surface area contributed by atoms with E-state index in [2.05, 4.69) is 55.6 Å². The molecule has 0 saturated carbocycles. The summed E-state index contributed by atoms with van der Waals surface area (Å²) in [5.41, 5.74) is 0. The number of carbonyl (C=O) groups excluding carboxylic acids is 1. The van der Waals surface area contributed by atoms with Crippen LogP contribution in [0.3, 0.4) is 0 Å². The Bertz CT molecular complexity index is 1010. The van der Waals surface area contributed by atoms with Gasteiger partial charge in [0.05, 0.1) is 39.9 Å². The minimum atomic E-state index is -4.58. The first kappa shape index (κ1) is 51.5. The van der Waals surface area contributed by atoms with Gasteiger partial charge in [-0.05, 0) is 57.8 Å². The Labute approximate surface area is 327 Å². The predicted molar refractivity (Wildman–Crippen MR) is 224 cm³/mol. The smallest absolute Gasteiger partial charge is 0.268 e. The molecule has 0 spiro atoms. The fourth-order valence-electron chi connectivity index (χ4n) is 5.80. The Kier molecular flexibility index (Phi) is 35.1. The van der Waals surface area contributed by atoms with Gasteiger partial charge in [0.1, 0.15) is 13.2 Å². The van der Waals surface area contributed by atoms with E-state index in [1.807, 2.05) is 27.2 Å². The first-order chi connectivity index (χ1) is 25.5. The third kappa shape index (κ3) is 38.5. The fraction of sp³-hybridized carbons (Fsp3) is 0.795. The number of aliphatic hydroxyl groups is 1. The van der Waals surface area contributed by atoms with Crippen LogP contribution in [-0.2, 0) is 18.4 Å². The number of amides is 1. The highest BCUT2D eigenvalue weighted by molar-refractivity contribution is 7.45. The summed E-state index contributed by atoms with van der Waals surface area (Å²) in [5, 5.41) is 13.7. The van der Waals surface area contributed by atoms with Crippen molar-refractivity contribution in [3.05, 3.63) is 48.6 Å². The van der Waals surface area contributed by atoms with Crippen LogP contribution in [0.25, 0.3) is 0 Å². The average molecular weight is 767 g/mol. The number of aliphatic hydroxyl groups excluding tert-OH is 1. The van der Waals surface area contributed by atoms with E-state index < -0.39 is 20.0 Å². The molecule has 0 bridgehead atoms. The van der Waals surface area contributed by atoms with Crippen LogP contribution in [-0.4, -0.2) is 68.5 Å². The summed E-state index contributed by atoms with van der Waals surface area (Å²) in [6.07, 6.45) is 44.5. The van der Waals surface area contributed by atoms with Crippen LogP contribution < -0.4 is 10.2 Å². The van der Waals surface area contributed by atoms with Crippen LogP contribution in [0.15, 0.2) is 48.6 Å². The van der Waals surface area contributed by atoms with Crippen molar-refractivity contribution in [1.82, 2.24) is 5.32 Å². The second-order valence-corrected chi connectivity index (χ2v) is 17.1. The molecule has 3 unspecified atom stereocenters. The zero-order valence-electron chi connectivity index (χ0n) is 35.0. The molecule has 0 aromatic heterocycles. The highest BCUT2D eigenvalue weighted by Gasteiger charge is 2.23. The van der Waals surface area contributed by atoms with Gasteiger partial charge in [0, 0.05) is 6.42 Å². The lowest BCUT2D eigenvalue weighted by atomic mass is 10.1. The van der Waals surface area contributed by atoms with Crippen LogP contribution in [0, 0.1) is 0 Å².